The van der Waals surface area contributed by atoms with Crippen LogP contribution in [0.25, 0.3) is 6.08 Å². The van der Waals surface area contributed by atoms with E-state index in [1.54, 1.807) is 31.4 Å². The SMILES string of the molecule is CCN(CC)c1ccc(/C=C2\SC(=O)N(Cc3c(Cl)cccc3Cl)C2=O)c(OC)c1. The summed E-state index contributed by atoms with van der Waals surface area (Å²) < 4.78 is 5.53. The standard InChI is InChI=1S/C22H22Cl2N2O3S/c1-4-25(5-2)15-10-9-14(19(12-15)29-3)11-20-21(27)26(22(28)30-20)13-16-17(23)7-6-8-18(16)24/h6-12H,4-5,13H2,1-3H3/b20-11-. The first-order chi connectivity index (χ1) is 14.4. The third-order valence-corrected chi connectivity index (χ3v) is 6.50. The van der Waals surface area contributed by atoms with Crippen LogP contribution in [0.15, 0.2) is 41.3 Å². The molecular formula is C22H22Cl2N2O3S. The summed E-state index contributed by atoms with van der Waals surface area (Å²) in [4.78, 5) is 29.1. The summed E-state index contributed by atoms with van der Waals surface area (Å²) in [5.74, 6) is 0.260. The molecule has 1 fully saturated rings. The number of carbonyl (C=O) groups is 2. The maximum Gasteiger partial charge on any atom is 0.293 e. The average molecular weight is 465 g/mol. The van der Waals surface area contributed by atoms with Gasteiger partial charge in [0.25, 0.3) is 11.1 Å². The minimum absolute atomic E-state index is 0.0263. The Labute approximate surface area is 190 Å². The van der Waals surface area contributed by atoms with Gasteiger partial charge in [-0.15, -0.1) is 0 Å². The fourth-order valence-corrected chi connectivity index (χ4v) is 4.57. The zero-order valence-corrected chi connectivity index (χ0v) is 19.3. The van der Waals surface area contributed by atoms with Crippen molar-refractivity contribution >= 4 is 57.9 Å². The van der Waals surface area contributed by atoms with Gasteiger partial charge in [-0.3, -0.25) is 14.5 Å². The fourth-order valence-electron chi connectivity index (χ4n) is 3.22. The molecule has 0 saturated carbocycles. The second-order valence-electron chi connectivity index (χ2n) is 6.57. The lowest BCUT2D eigenvalue weighted by Gasteiger charge is -2.22. The van der Waals surface area contributed by atoms with E-state index in [2.05, 4.69) is 18.7 Å². The third kappa shape index (κ3) is 4.61. The number of amides is 2. The van der Waals surface area contributed by atoms with Gasteiger partial charge in [0.05, 0.1) is 18.6 Å². The summed E-state index contributed by atoms with van der Waals surface area (Å²) in [6.07, 6.45) is 1.68. The van der Waals surface area contributed by atoms with Gasteiger partial charge in [0.1, 0.15) is 5.75 Å². The van der Waals surface area contributed by atoms with Gasteiger partial charge in [0.15, 0.2) is 0 Å². The van der Waals surface area contributed by atoms with Gasteiger partial charge < -0.3 is 9.64 Å². The topological polar surface area (TPSA) is 49.9 Å². The van der Waals surface area contributed by atoms with E-state index in [9.17, 15) is 9.59 Å². The predicted molar refractivity (Wildman–Crippen MR) is 125 cm³/mol. The van der Waals surface area contributed by atoms with Crippen molar-refractivity contribution in [1.82, 2.24) is 4.90 Å². The number of methoxy groups -OCH3 is 1. The summed E-state index contributed by atoms with van der Waals surface area (Å²) in [6, 6.07) is 10.9. The van der Waals surface area contributed by atoms with Crippen LogP contribution in [0.5, 0.6) is 5.75 Å². The number of anilines is 1. The zero-order chi connectivity index (χ0) is 21.8. The molecule has 158 valence electrons. The number of thioether (sulfide) groups is 1. The zero-order valence-electron chi connectivity index (χ0n) is 16.9. The Balaban J connectivity index is 1.88. The molecule has 1 aliphatic rings. The lowest BCUT2D eigenvalue weighted by molar-refractivity contribution is -0.123. The Morgan fingerprint density at radius 2 is 1.77 bits per heavy atom. The van der Waals surface area contributed by atoms with Crippen LogP contribution in [-0.4, -0.2) is 36.2 Å². The Bertz CT molecular complexity index is 986. The molecule has 1 aliphatic heterocycles. The first-order valence-corrected chi connectivity index (χ1v) is 11.1. The van der Waals surface area contributed by atoms with Crippen LogP contribution in [0.1, 0.15) is 25.0 Å². The summed E-state index contributed by atoms with van der Waals surface area (Å²) in [6.45, 7) is 5.96. The van der Waals surface area contributed by atoms with E-state index < -0.39 is 0 Å². The molecule has 2 aromatic carbocycles. The van der Waals surface area contributed by atoms with Gasteiger partial charge in [-0.05, 0) is 56.0 Å². The molecule has 0 unspecified atom stereocenters. The highest BCUT2D eigenvalue weighted by atomic mass is 35.5. The number of benzene rings is 2. The van der Waals surface area contributed by atoms with Crippen LogP contribution in [0.2, 0.25) is 10.0 Å². The molecule has 2 amide bonds. The molecule has 5 nitrogen and oxygen atoms in total. The number of hydrogen-bond acceptors (Lipinski definition) is 5. The van der Waals surface area contributed by atoms with Crippen LogP contribution in [0, 0.1) is 0 Å². The Hall–Kier alpha value is -2.15. The van der Waals surface area contributed by atoms with Gasteiger partial charge in [-0.2, -0.15) is 0 Å². The first kappa shape index (κ1) is 22.5. The van der Waals surface area contributed by atoms with E-state index >= 15 is 0 Å². The number of ether oxygens (including phenoxy) is 1. The Morgan fingerprint density at radius 1 is 1.10 bits per heavy atom. The molecule has 8 heteroatoms. The van der Waals surface area contributed by atoms with E-state index in [0.717, 1.165) is 41.0 Å². The molecule has 30 heavy (non-hydrogen) atoms. The van der Waals surface area contributed by atoms with Crippen molar-refractivity contribution in [3.05, 3.63) is 62.5 Å². The van der Waals surface area contributed by atoms with E-state index in [0.29, 0.717) is 26.3 Å². The van der Waals surface area contributed by atoms with E-state index in [1.807, 2.05) is 18.2 Å². The second-order valence-corrected chi connectivity index (χ2v) is 8.37. The molecular weight excluding hydrogens is 443 g/mol. The molecule has 0 aliphatic carbocycles. The fraction of sp³-hybridized carbons (Fsp3) is 0.273. The Kier molecular flexibility index (Phi) is 7.34. The second kappa shape index (κ2) is 9.77. The highest BCUT2D eigenvalue weighted by Gasteiger charge is 2.36. The molecule has 0 radical (unpaired) electrons. The first-order valence-electron chi connectivity index (χ1n) is 9.50. The molecule has 2 aromatic rings. The summed E-state index contributed by atoms with van der Waals surface area (Å²) in [5, 5.41) is 0.472. The van der Waals surface area contributed by atoms with Crippen LogP contribution < -0.4 is 9.64 Å². The van der Waals surface area contributed by atoms with E-state index in [-0.39, 0.29) is 17.7 Å². The molecule has 0 N–H and O–H groups in total. The highest BCUT2D eigenvalue weighted by Crippen LogP contribution is 2.37. The molecule has 1 saturated heterocycles. The number of carbonyl (C=O) groups excluding carboxylic acids is 2. The van der Waals surface area contributed by atoms with Gasteiger partial charge in [-0.25, -0.2) is 0 Å². The van der Waals surface area contributed by atoms with E-state index in [1.165, 1.54) is 0 Å². The lowest BCUT2D eigenvalue weighted by Crippen LogP contribution is -2.27. The van der Waals surface area contributed by atoms with Crippen LogP contribution >= 0.6 is 35.0 Å². The van der Waals surface area contributed by atoms with Crippen LogP contribution in [0.4, 0.5) is 10.5 Å². The van der Waals surface area contributed by atoms with Crippen molar-refractivity contribution in [2.75, 3.05) is 25.1 Å². The maximum atomic E-state index is 12.9. The summed E-state index contributed by atoms with van der Waals surface area (Å²) in [7, 11) is 1.59. The van der Waals surface area contributed by atoms with E-state index in [4.69, 9.17) is 27.9 Å². The average Bonchev–Trinajstić information content (AvgIpc) is 2.99. The number of imide groups is 1. The quantitative estimate of drug-likeness (QED) is 0.464. The van der Waals surface area contributed by atoms with Gasteiger partial charge in [0, 0.05) is 46.0 Å². The molecule has 0 aromatic heterocycles. The van der Waals surface area contributed by atoms with Crippen LogP contribution in [0.3, 0.4) is 0 Å². The maximum absolute atomic E-state index is 12.9. The van der Waals surface area contributed by atoms with Crippen molar-refractivity contribution in [1.29, 1.82) is 0 Å². The monoisotopic (exact) mass is 464 g/mol. The number of halogens is 2. The van der Waals surface area contributed by atoms with Gasteiger partial charge in [0.2, 0.25) is 0 Å². The van der Waals surface area contributed by atoms with Gasteiger partial charge in [-0.1, -0.05) is 29.3 Å². The van der Waals surface area contributed by atoms with Gasteiger partial charge >= 0.3 is 0 Å². The van der Waals surface area contributed by atoms with Crippen molar-refractivity contribution in [3.63, 3.8) is 0 Å². The smallest absolute Gasteiger partial charge is 0.293 e. The summed E-state index contributed by atoms with van der Waals surface area (Å²) >= 11 is 13.3. The van der Waals surface area contributed by atoms with Crippen LogP contribution in [-0.2, 0) is 11.3 Å². The number of nitrogens with zero attached hydrogens (tertiary/aromatic N) is 2. The molecule has 1 heterocycles. The summed E-state index contributed by atoms with van der Waals surface area (Å²) in [5.41, 5.74) is 2.32. The van der Waals surface area contributed by atoms with Crippen molar-refractivity contribution in [2.45, 2.75) is 20.4 Å². The predicted octanol–water partition coefficient (Wildman–Crippen LogP) is 6.08. The molecule has 0 atom stereocenters. The van der Waals surface area contributed by atoms with Crippen molar-refractivity contribution < 1.29 is 14.3 Å². The molecule has 3 rings (SSSR count). The normalized spacial score (nSPS) is 15.2. The molecule has 0 bridgehead atoms. The third-order valence-electron chi connectivity index (χ3n) is 4.88. The Morgan fingerprint density at radius 3 is 2.37 bits per heavy atom. The number of rotatable bonds is 7. The van der Waals surface area contributed by atoms with Crippen molar-refractivity contribution in [2.24, 2.45) is 0 Å². The minimum atomic E-state index is -0.379. The largest absolute Gasteiger partial charge is 0.496 e. The minimum Gasteiger partial charge on any atom is -0.496 e. The highest BCUT2D eigenvalue weighted by molar-refractivity contribution is 8.18. The van der Waals surface area contributed by atoms with Crippen molar-refractivity contribution in [3.8, 4) is 5.75 Å². The molecule has 0 spiro atoms. The number of hydrogen-bond donors (Lipinski definition) is 0. The lowest BCUT2D eigenvalue weighted by atomic mass is 10.1.